The third-order valence-corrected chi connectivity index (χ3v) is 6.77. The predicted octanol–water partition coefficient (Wildman–Crippen LogP) is 2.54. The first-order valence-electron chi connectivity index (χ1n) is 7.64. The molecular formula is C15H15ClN4O2S2. The van der Waals surface area contributed by atoms with Crippen LogP contribution in [0.1, 0.15) is 17.7 Å². The molecule has 0 aromatic carbocycles. The number of hydrogen-bond donors (Lipinski definition) is 0. The first-order chi connectivity index (χ1) is 11.5. The molecule has 0 N–H and O–H groups in total. The summed E-state index contributed by atoms with van der Waals surface area (Å²) in [5, 5.41) is 2.19. The van der Waals surface area contributed by atoms with Gasteiger partial charge in [0.15, 0.2) is 0 Å². The number of rotatable bonds is 4. The minimum Gasteiger partial charge on any atom is -0.320 e. The van der Waals surface area contributed by atoms with Crippen molar-refractivity contribution in [1.29, 1.82) is 0 Å². The first-order valence-corrected chi connectivity index (χ1v) is 9.82. The van der Waals surface area contributed by atoms with E-state index < -0.39 is 0 Å². The van der Waals surface area contributed by atoms with Crippen LogP contribution < -0.4 is 0 Å². The van der Waals surface area contributed by atoms with Crippen molar-refractivity contribution in [2.24, 2.45) is 0 Å². The molecule has 24 heavy (non-hydrogen) atoms. The van der Waals surface area contributed by atoms with Crippen LogP contribution in [-0.2, 0) is 9.59 Å². The highest BCUT2D eigenvalue weighted by Crippen LogP contribution is 2.38. The fraction of sp³-hybridized carbons (Fsp3) is 0.467. The zero-order chi connectivity index (χ0) is 16.8. The summed E-state index contributed by atoms with van der Waals surface area (Å²) in [7, 11) is 0. The average Bonchev–Trinajstić information content (AvgIpc) is 3.27. The number of nitrogens with zero attached hydrogens (tertiary/aromatic N) is 4. The van der Waals surface area contributed by atoms with E-state index in [-0.39, 0.29) is 24.1 Å². The predicted molar refractivity (Wildman–Crippen MR) is 94.3 cm³/mol. The summed E-state index contributed by atoms with van der Waals surface area (Å²) in [6, 6.07) is 0.344. The molecule has 0 unspecified atom stereocenters. The number of fused-ring (bicyclic) bond motifs is 1. The first kappa shape index (κ1) is 16.1. The van der Waals surface area contributed by atoms with E-state index in [0.717, 1.165) is 27.9 Å². The molecule has 0 bridgehead atoms. The van der Waals surface area contributed by atoms with Crippen molar-refractivity contribution < 1.29 is 9.59 Å². The molecule has 6 nitrogen and oxygen atoms in total. The Morgan fingerprint density at radius 1 is 1.46 bits per heavy atom. The minimum absolute atomic E-state index is 0.0497. The Hall–Kier alpha value is -1.38. The zero-order valence-corrected chi connectivity index (χ0v) is 15.4. The van der Waals surface area contributed by atoms with E-state index in [0.29, 0.717) is 22.8 Å². The normalized spacial score (nSPS) is 18.0. The summed E-state index contributed by atoms with van der Waals surface area (Å²) in [6.07, 6.45) is 3.60. The Kier molecular flexibility index (Phi) is 4.14. The van der Waals surface area contributed by atoms with Gasteiger partial charge in [-0.05, 0) is 19.8 Å². The van der Waals surface area contributed by atoms with Gasteiger partial charge in [0, 0.05) is 10.9 Å². The molecule has 9 heteroatoms. The average molecular weight is 383 g/mol. The van der Waals surface area contributed by atoms with Crippen molar-refractivity contribution in [3.05, 3.63) is 16.2 Å². The molecule has 1 aliphatic carbocycles. The quantitative estimate of drug-likeness (QED) is 0.600. The third-order valence-electron chi connectivity index (χ3n) is 4.20. The monoisotopic (exact) mass is 382 g/mol. The van der Waals surface area contributed by atoms with Crippen LogP contribution >= 0.6 is 34.7 Å². The van der Waals surface area contributed by atoms with Crippen LogP contribution in [0.25, 0.3) is 10.2 Å². The van der Waals surface area contributed by atoms with E-state index in [2.05, 4.69) is 9.97 Å². The standard InChI is InChI=1S/C15H15ClN4O2S2/c1-8-13(16)12-14(17-6-18-15(12)24-8)23-5-11(22)19-4-10(21)20(7-19)9-2-3-9/h6,9H,2-5,7H2,1H3. The molecule has 4 rings (SSSR count). The van der Waals surface area contributed by atoms with Gasteiger partial charge < -0.3 is 9.80 Å². The van der Waals surface area contributed by atoms with Gasteiger partial charge in [-0.2, -0.15) is 0 Å². The molecule has 0 radical (unpaired) electrons. The van der Waals surface area contributed by atoms with E-state index in [9.17, 15) is 9.59 Å². The van der Waals surface area contributed by atoms with E-state index in [1.54, 1.807) is 4.90 Å². The molecule has 1 aliphatic heterocycles. The fourth-order valence-electron chi connectivity index (χ4n) is 2.76. The van der Waals surface area contributed by atoms with Crippen LogP contribution in [0.4, 0.5) is 0 Å². The summed E-state index contributed by atoms with van der Waals surface area (Å²) in [5.74, 6) is 0.242. The highest BCUT2D eigenvalue weighted by molar-refractivity contribution is 8.00. The fourth-order valence-corrected chi connectivity index (χ4v) is 5.02. The SMILES string of the molecule is Cc1sc2ncnc(SCC(=O)N3CC(=O)N(C4CC4)C3)c2c1Cl. The molecule has 2 aromatic rings. The Bertz CT molecular complexity index is 836. The molecule has 0 spiro atoms. The van der Waals surface area contributed by atoms with Crippen LogP contribution in [0, 0.1) is 6.92 Å². The Balaban J connectivity index is 1.45. The maximum absolute atomic E-state index is 12.4. The molecule has 0 atom stereocenters. The van der Waals surface area contributed by atoms with Crippen molar-refractivity contribution in [1.82, 2.24) is 19.8 Å². The minimum atomic E-state index is -0.0497. The zero-order valence-electron chi connectivity index (χ0n) is 13.0. The lowest BCUT2D eigenvalue weighted by molar-refractivity contribution is -0.129. The molecule has 3 heterocycles. The van der Waals surface area contributed by atoms with Gasteiger partial charge in [-0.3, -0.25) is 9.59 Å². The van der Waals surface area contributed by atoms with Crippen LogP contribution in [-0.4, -0.2) is 56.6 Å². The second-order valence-electron chi connectivity index (χ2n) is 5.95. The largest absolute Gasteiger partial charge is 0.320 e. The number of amides is 2. The van der Waals surface area contributed by atoms with E-state index >= 15 is 0 Å². The molecule has 2 amide bonds. The molecule has 2 fully saturated rings. The number of thioether (sulfide) groups is 1. The van der Waals surface area contributed by atoms with Gasteiger partial charge in [0.1, 0.15) is 22.7 Å². The summed E-state index contributed by atoms with van der Waals surface area (Å²) in [6.45, 7) is 2.55. The number of hydrogen-bond acceptors (Lipinski definition) is 6. The van der Waals surface area contributed by atoms with Crippen molar-refractivity contribution in [3.8, 4) is 0 Å². The van der Waals surface area contributed by atoms with Gasteiger partial charge >= 0.3 is 0 Å². The van der Waals surface area contributed by atoms with Gasteiger partial charge in [-0.25, -0.2) is 9.97 Å². The van der Waals surface area contributed by atoms with Gasteiger partial charge in [0.05, 0.1) is 22.8 Å². The molecule has 2 aliphatic rings. The lowest BCUT2D eigenvalue weighted by atomic mass is 10.4. The van der Waals surface area contributed by atoms with Gasteiger partial charge in [0.2, 0.25) is 11.8 Å². The van der Waals surface area contributed by atoms with Gasteiger partial charge in [-0.1, -0.05) is 23.4 Å². The number of halogens is 1. The number of aromatic nitrogens is 2. The Morgan fingerprint density at radius 2 is 2.25 bits per heavy atom. The van der Waals surface area contributed by atoms with Crippen molar-refractivity contribution in [2.45, 2.75) is 30.8 Å². The maximum Gasteiger partial charge on any atom is 0.243 e. The second kappa shape index (κ2) is 6.16. The van der Waals surface area contributed by atoms with E-state index in [4.69, 9.17) is 11.6 Å². The summed E-state index contributed by atoms with van der Waals surface area (Å²) in [5.41, 5.74) is 0. The number of carbonyl (C=O) groups excluding carboxylic acids is 2. The van der Waals surface area contributed by atoms with Crippen LogP contribution in [0.2, 0.25) is 5.02 Å². The maximum atomic E-state index is 12.4. The summed E-state index contributed by atoms with van der Waals surface area (Å²) < 4.78 is 0. The van der Waals surface area contributed by atoms with Crippen LogP contribution in [0.5, 0.6) is 0 Å². The van der Waals surface area contributed by atoms with Crippen LogP contribution in [0.15, 0.2) is 11.4 Å². The topological polar surface area (TPSA) is 66.4 Å². The molecular weight excluding hydrogens is 368 g/mol. The van der Waals surface area contributed by atoms with Crippen LogP contribution in [0.3, 0.4) is 0 Å². The molecule has 1 saturated heterocycles. The summed E-state index contributed by atoms with van der Waals surface area (Å²) >= 11 is 9.21. The summed E-state index contributed by atoms with van der Waals surface area (Å²) in [4.78, 5) is 38.1. The molecule has 126 valence electrons. The van der Waals surface area contributed by atoms with Crippen molar-refractivity contribution in [2.75, 3.05) is 19.0 Å². The molecule has 2 aromatic heterocycles. The van der Waals surface area contributed by atoms with Gasteiger partial charge in [-0.15, -0.1) is 11.3 Å². The highest BCUT2D eigenvalue weighted by Gasteiger charge is 2.39. The van der Waals surface area contributed by atoms with Crippen molar-refractivity contribution >= 4 is 56.7 Å². The lowest BCUT2D eigenvalue weighted by Crippen LogP contribution is -2.33. The van der Waals surface area contributed by atoms with E-state index in [1.165, 1.54) is 29.4 Å². The highest BCUT2D eigenvalue weighted by atomic mass is 35.5. The number of aryl methyl sites for hydroxylation is 1. The third kappa shape index (κ3) is 2.87. The second-order valence-corrected chi connectivity index (χ2v) is 8.49. The van der Waals surface area contributed by atoms with Gasteiger partial charge in [0.25, 0.3) is 0 Å². The number of thiophene rings is 1. The Morgan fingerprint density at radius 3 is 3.00 bits per heavy atom. The lowest BCUT2D eigenvalue weighted by Gasteiger charge is -2.17. The Labute approximate surface area is 152 Å². The smallest absolute Gasteiger partial charge is 0.243 e. The van der Waals surface area contributed by atoms with E-state index in [1.807, 2.05) is 11.8 Å². The number of carbonyl (C=O) groups is 2. The van der Waals surface area contributed by atoms with Crippen molar-refractivity contribution in [3.63, 3.8) is 0 Å². The molecule has 1 saturated carbocycles.